The molecule has 0 aliphatic heterocycles. The zero-order valence-electron chi connectivity index (χ0n) is 15.2. The van der Waals surface area contributed by atoms with Crippen molar-refractivity contribution in [3.05, 3.63) is 39.1 Å². The average molecular weight is 484 g/mol. The average Bonchev–Trinajstić information content (AvgIpc) is 3.33. The number of carbonyl (C=O) groups excluding carboxylic acids is 2. The summed E-state index contributed by atoms with van der Waals surface area (Å²) < 4.78 is 28.8. The van der Waals surface area contributed by atoms with Gasteiger partial charge in [-0.1, -0.05) is 0 Å². The molecule has 0 spiro atoms. The number of carbonyl (C=O) groups is 2. The number of hydrogen-bond acceptors (Lipinski definition) is 5. The van der Waals surface area contributed by atoms with E-state index in [9.17, 15) is 18.4 Å². The smallest absolute Gasteiger partial charge is 0.280 e. The molecular formula is C18H16BrF2N5O2S. The van der Waals surface area contributed by atoms with Crippen molar-refractivity contribution >= 4 is 55.0 Å². The van der Waals surface area contributed by atoms with Crippen LogP contribution in [-0.2, 0) is 4.79 Å². The summed E-state index contributed by atoms with van der Waals surface area (Å²) in [6.07, 6.45) is 2.19. The number of rotatable bonds is 6. The number of primary amides is 1. The van der Waals surface area contributed by atoms with Crippen molar-refractivity contribution in [3.63, 3.8) is 0 Å². The first kappa shape index (κ1) is 19.9. The highest BCUT2D eigenvalue weighted by Gasteiger charge is 2.32. The molecule has 3 N–H and O–H groups in total. The standard InChI is InChI=1S/C18H16BrF2N5O2S/c1-7(26-6-9(19)5-23-26)17(28)25-13-12-10(8-2-3-8)4-11(15(20)21)24-18(12)29-14(13)16(22)27/h4-8,15H,2-3H2,1H3,(H2,22,27)(H,25,28). The molecule has 1 aliphatic rings. The summed E-state index contributed by atoms with van der Waals surface area (Å²) in [6.45, 7) is 1.65. The van der Waals surface area contributed by atoms with E-state index in [1.807, 2.05) is 0 Å². The van der Waals surface area contributed by atoms with Gasteiger partial charge >= 0.3 is 0 Å². The first-order valence-corrected chi connectivity index (χ1v) is 10.4. The molecule has 152 valence electrons. The topological polar surface area (TPSA) is 103 Å². The van der Waals surface area contributed by atoms with Crippen molar-refractivity contribution < 1.29 is 18.4 Å². The Morgan fingerprint density at radius 1 is 1.41 bits per heavy atom. The number of amides is 2. The van der Waals surface area contributed by atoms with Crippen LogP contribution in [0.15, 0.2) is 22.9 Å². The van der Waals surface area contributed by atoms with Gasteiger partial charge in [-0.3, -0.25) is 14.3 Å². The van der Waals surface area contributed by atoms with E-state index in [1.165, 1.54) is 10.7 Å². The monoisotopic (exact) mass is 483 g/mol. The Kier molecular flexibility index (Phi) is 5.11. The molecule has 1 fully saturated rings. The van der Waals surface area contributed by atoms with Crippen LogP contribution in [0, 0.1) is 0 Å². The van der Waals surface area contributed by atoms with E-state index >= 15 is 0 Å². The second-order valence-electron chi connectivity index (χ2n) is 6.87. The lowest BCUT2D eigenvalue weighted by molar-refractivity contribution is -0.119. The van der Waals surface area contributed by atoms with Crippen molar-refractivity contribution in [2.24, 2.45) is 5.73 Å². The highest BCUT2D eigenvalue weighted by Crippen LogP contribution is 2.48. The summed E-state index contributed by atoms with van der Waals surface area (Å²) in [5.41, 5.74) is 6.06. The molecule has 3 aromatic rings. The number of nitrogens with two attached hydrogens (primary N) is 1. The van der Waals surface area contributed by atoms with Gasteiger partial charge in [0.2, 0.25) is 5.91 Å². The number of pyridine rings is 1. The van der Waals surface area contributed by atoms with Gasteiger partial charge in [0.25, 0.3) is 12.3 Å². The number of anilines is 1. The Hall–Kier alpha value is -2.40. The van der Waals surface area contributed by atoms with E-state index in [-0.39, 0.29) is 27.0 Å². The molecule has 29 heavy (non-hydrogen) atoms. The summed E-state index contributed by atoms with van der Waals surface area (Å²) in [5, 5.41) is 7.37. The third-order valence-electron chi connectivity index (χ3n) is 4.77. The van der Waals surface area contributed by atoms with Crippen LogP contribution in [0.5, 0.6) is 0 Å². The van der Waals surface area contributed by atoms with Gasteiger partial charge in [-0.05, 0) is 53.2 Å². The highest BCUT2D eigenvalue weighted by atomic mass is 79.9. The van der Waals surface area contributed by atoms with Gasteiger partial charge in [0.15, 0.2) is 0 Å². The fourth-order valence-electron chi connectivity index (χ4n) is 3.14. The van der Waals surface area contributed by atoms with Crippen molar-refractivity contribution in [1.82, 2.24) is 14.8 Å². The Morgan fingerprint density at radius 2 is 2.14 bits per heavy atom. The maximum Gasteiger partial charge on any atom is 0.280 e. The molecule has 0 saturated heterocycles. The first-order valence-electron chi connectivity index (χ1n) is 8.82. The van der Waals surface area contributed by atoms with Crippen LogP contribution in [0.25, 0.3) is 10.2 Å². The largest absolute Gasteiger partial charge is 0.365 e. The van der Waals surface area contributed by atoms with Crippen LogP contribution in [0.4, 0.5) is 14.5 Å². The lowest BCUT2D eigenvalue weighted by Crippen LogP contribution is -2.25. The second kappa shape index (κ2) is 7.45. The SMILES string of the molecule is CC(C(=O)Nc1c(C(N)=O)sc2nc(C(F)F)cc(C3CC3)c12)n1cc(Br)cn1. The number of alkyl halides is 2. The van der Waals surface area contributed by atoms with Gasteiger partial charge in [-0.2, -0.15) is 5.10 Å². The number of nitrogens with zero attached hydrogens (tertiary/aromatic N) is 3. The fourth-order valence-corrected chi connectivity index (χ4v) is 4.47. The molecule has 0 aromatic carbocycles. The van der Waals surface area contributed by atoms with Crippen LogP contribution in [0.3, 0.4) is 0 Å². The third-order valence-corrected chi connectivity index (χ3v) is 6.28. The molecule has 3 aromatic heterocycles. The number of nitrogens with one attached hydrogen (secondary N) is 1. The molecule has 4 rings (SSSR count). The van der Waals surface area contributed by atoms with Gasteiger partial charge in [-0.15, -0.1) is 11.3 Å². The molecule has 1 aliphatic carbocycles. The molecule has 1 atom stereocenters. The molecule has 3 heterocycles. The Bertz CT molecular complexity index is 1130. The zero-order valence-corrected chi connectivity index (χ0v) is 17.6. The van der Waals surface area contributed by atoms with E-state index in [0.717, 1.165) is 28.7 Å². The minimum absolute atomic E-state index is 0.0861. The molecule has 2 amide bonds. The lowest BCUT2D eigenvalue weighted by Gasteiger charge is -2.14. The van der Waals surface area contributed by atoms with E-state index in [1.54, 1.807) is 19.3 Å². The molecule has 1 saturated carbocycles. The van der Waals surface area contributed by atoms with Crippen LogP contribution in [-0.4, -0.2) is 26.6 Å². The van der Waals surface area contributed by atoms with E-state index < -0.39 is 24.3 Å². The lowest BCUT2D eigenvalue weighted by atomic mass is 10.0. The fraction of sp³-hybridized carbons (Fsp3) is 0.333. The van der Waals surface area contributed by atoms with Gasteiger partial charge in [-0.25, -0.2) is 13.8 Å². The number of fused-ring (bicyclic) bond motifs is 1. The van der Waals surface area contributed by atoms with Crippen molar-refractivity contribution in [3.8, 4) is 0 Å². The minimum atomic E-state index is -2.73. The summed E-state index contributed by atoms with van der Waals surface area (Å²) >= 11 is 4.19. The number of hydrogen-bond donors (Lipinski definition) is 2. The number of aromatic nitrogens is 3. The summed E-state index contributed by atoms with van der Waals surface area (Å²) in [7, 11) is 0. The first-order chi connectivity index (χ1) is 13.8. The third kappa shape index (κ3) is 3.76. The molecule has 0 bridgehead atoms. The predicted octanol–water partition coefficient (Wildman–Crippen LogP) is 4.37. The van der Waals surface area contributed by atoms with Crippen LogP contribution < -0.4 is 11.1 Å². The number of halogens is 3. The molecule has 0 radical (unpaired) electrons. The summed E-state index contributed by atoms with van der Waals surface area (Å²) in [6, 6.07) is 0.695. The van der Waals surface area contributed by atoms with Crippen molar-refractivity contribution in [2.75, 3.05) is 5.32 Å². The minimum Gasteiger partial charge on any atom is -0.365 e. The van der Waals surface area contributed by atoms with Crippen LogP contribution in [0.2, 0.25) is 0 Å². The van der Waals surface area contributed by atoms with Gasteiger partial charge < -0.3 is 11.1 Å². The Balaban J connectivity index is 1.81. The normalized spacial score (nSPS) is 15.1. The molecule has 1 unspecified atom stereocenters. The van der Waals surface area contributed by atoms with Crippen LogP contribution >= 0.6 is 27.3 Å². The summed E-state index contributed by atoms with van der Waals surface area (Å²) in [4.78, 5) is 29.2. The quantitative estimate of drug-likeness (QED) is 0.543. The van der Waals surface area contributed by atoms with Gasteiger partial charge in [0.05, 0.1) is 16.4 Å². The second-order valence-corrected chi connectivity index (χ2v) is 8.78. The Morgan fingerprint density at radius 3 is 2.69 bits per heavy atom. The van der Waals surface area contributed by atoms with E-state index in [0.29, 0.717) is 10.9 Å². The number of thiophene rings is 1. The Labute approximate surface area is 176 Å². The van der Waals surface area contributed by atoms with E-state index in [2.05, 4.69) is 31.3 Å². The maximum absolute atomic E-state index is 13.3. The van der Waals surface area contributed by atoms with E-state index in [4.69, 9.17) is 5.73 Å². The van der Waals surface area contributed by atoms with Gasteiger partial charge in [0, 0.05) is 11.6 Å². The van der Waals surface area contributed by atoms with Gasteiger partial charge in [0.1, 0.15) is 21.4 Å². The van der Waals surface area contributed by atoms with Crippen molar-refractivity contribution in [1.29, 1.82) is 0 Å². The maximum atomic E-state index is 13.3. The zero-order chi connectivity index (χ0) is 20.9. The molecular weight excluding hydrogens is 468 g/mol. The summed E-state index contributed by atoms with van der Waals surface area (Å²) in [5.74, 6) is -1.07. The molecule has 7 nitrogen and oxygen atoms in total. The predicted molar refractivity (Wildman–Crippen MR) is 108 cm³/mol. The van der Waals surface area contributed by atoms with Crippen molar-refractivity contribution in [2.45, 2.75) is 38.2 Å². The van der Waals surface area contributed by atoms with Crippen LogP contribution in [0.1, 0.15) is 59.1 Å². The highest BCUT2D eigenvalue weighted by molar-refractivity contribution is 9.10. The molecule has 11 heteroatoms.